The SMILES string of the molecule is CNC(=O)C1CN(c2cc(Br)ncn2)C1. The van der Waals surface area contributed by atoms with Gasteiger partial charge < -0.3 is 10.2 Å². The van der Waals surface area contributed by atoms with Gasteiger partial charge >= 0.3 is 0 Å². The highest BCUT2D eigenvalue weighted by Crippen LogP contribution is 2.23. The minimum Gasteiger partial charge on any atom is -0.359 e. The molecule has 0 unspecified atom stereocenters. The van der Waals surface area contributed by atoms with E-state index in [9.17, 15) is 4.79 Å². The van der Waals surface area contributed by atoms with Crippen molar-refractivity contribution >= 4 is 27.7 Å². The molecule has 1 saturated heterocycles. The van der Waals surface area contributed by atoms with Crippen LogP contribution >= 0.6 is 15.9 Å². The van der Waals surface area contributed by atoms with E-state index in [0.717, 1.165) is 23.5 Å². The van der Waals surface area contributed by atoms with Crippen LogP contribution in [-0.2, 0) is 4.79 Å². The van der Waals surface area contributed by atoms with Crippen molar-refractivity contribution in [1.29, 1.82) is 0 Å². The Balaban J connectivity index is 1.97. The molecule has 1 aromatic heterocycles. The number of nitrogens with one attached hydrogen (secondary N) is 1. The van der Waals surface area contributed by atoms with Crippen LogP contribution in [0, 0.1) is 5.92 Å². The first-order chi connectivity index (χ1) is 7.20. The first-order valence-electron chi connectivity index (χ1n) is 4.65. The summed E-state index contributed by atoms with van der Waals surface area (Å²) in [5.41, 5.74) is 0. The fourth-order valence-corrected chi connectivity index (χ4v) is 1.83. The predicted molar refractivity (Wildman–Crippen MR) is 59.5 cm³/mol. The van der Waals surface area contributed by atoms with E-state index in [1.54, 1.807) is 7.05 Å². The zero-order chi connectivity index (χ0) is 10.8. The summed E-state index contributed by atoms with van der Waals surface area (Å²) in [6, 6.07) is 1.85. The van der Waals surface area contributed by atoms with Crippen LogP contribution in [0.1, 0.15) is 0 Å². The van der Waals surface area contributed by atoms with Gasteiger partial charge in [0.15, 0.2) is 0 Å². The second-order valence-electron chi connectivity index (χ2n) is 3.42. The summed E-state index contributed by atoms with van der Waals surface area (Å²) in [4.78, 5) is 21.4. The van der Waals surface area contributed by atoms with Crippen molar-refractivity contribution in [2.24, 2.45) is 5.92 Å². The van der Waals surface area contributed by atoms with Crippen LogP contribution in [0.2, 0.25) is 0 Å². The number of carbonyl (C=O) groups is 1. The molecule has 80 valence electrons. The van der Waals surface area contributed by atoms with Crippen LogP contribution in [0.5, 0.6) is 0 Å². The van der Waals surface area contributed by atoms with Gasteiger partial charge in [0.25, 0.3) is 0 Å². The molecule has 2 heterocycles. The van der Waals surface area contributed by atoms with Crippen molar-refractivity contribution in [2.45, 2.75) is 0 Å². The Kier molecular flexibility index (Phi) is 2.86. The van der Waals surface area contributed by atoms with Crippen molar-refractivity contribution in [3.8, 4) is 0 Å². The molecule has 5 nitrogen and oxygen atoms in total. The minimum absolute atomic E-state index is 0.0868. The molecule has 0 radical (unpaired) electrons. The Labute approximate surface area is 96.0 Å². The van der Waals surface area contributed by atoms with E-state index in [2.05, 4.69) is 31.2 Å². The molecule has 1 aliphatic heterocycles. The summed E-state index contributed by atoms with van der Waals surface area (Å²) < 4.78 is 0.760. The molecule has 1 aliphatic rings. The fourth-order valence-electron chi connectivity index (χ4n) is 1.53. The molecule has 1 amide bonds. The van der Waals surface area contributed by atoms with Gasteiger partial charge in [-0.3, -0.25) is 4.79 Å². The van der Waals surface area contributed by atoms with E-state index in [1.165, 1.54) is 6.33 Å². The van der Waals surface area contributed by atoms with Gasteiger partial charge in [-0.25, -0.2) is 9.97 Å². The van der Waals surface area contributed by atoms with E-state index in [-0.39, 0.29) is 11.8 Å². The van der Waals surface area contributed by atoms with Gasteiger partial charge in [0.05, 0.1) is 5.92 Å². The van der Waals surface area contributed by atoms with Gasteiger partial charge in [0, 0.05) is 26.2 Å². The molecule has 1 aromatic rings. The Bertz CT molecular complexity index is 378. The summed E-state index contributed by atoms with van der Waals surface area (Å²) in [7, 11) is 1.66. The maximum absolute atomic E-state index is 11.3. The van der Waals surface area contributed by atoms with Crippen LogP contribution in [0.3, 0.4) is 0 Å². The Morgan fingerprint density at radius 1 is 1.60 bits per heavy atom. The second kappa shape index (κ2) is 4.14. The first kappa shape index (κ1) is 10.4. The zero-order valence-electron chi connectivity index (χ0n) is 8.27. The average molecular weight is 271 g/mol. The standard InChI is InChI=1S/C9H11BrN4O/c1-11-9(15)6-3-14(4-6)8-2-7(10)12-5-13-8/h2,5-6H,3-4H2,1H3,(H,11,15). The van der Waals surface area contributed by atoms with E-state index < -0.39 is 0 Å². The van der Waals surface area contributed by atoms with Crippen LogP contribution in [-0.4, -0.2) is 36.0 Å². The molecule has 0 saturated carbocycles. The van der Waals surface area contributed by atoms with Gasteiger partial charge in [0.2, 0.25) is 5.91 Å². The number of rotatable bonds is 2. The van der Waals surface area contributed by atoms with Crippen molar-refractivity contribution in [3.05, 3.63) is 17.0 Å². The van der Waals surface area contributed by atoms with Crippen LogP contribution in [0.25, 0.3) is 0 Å². The lowest BCUT2D eigenvalue weighted by atomic mass is 9.99. The molecule has 6 heteroatoms. The van der Waals surface area contributed by atoms with Gasteiger partial charge in [-0.05, 0) is 15.9 Å². The molecule has 0 aromatic carbocycles. The Hall–Kier alpha value is -1.17. The zero-order valence-corrected chi connectivity index (χ0v) is 9.86. The van der Waals surface area contributed by atoms with Crippen molar-refractivity contribution in [1.82, 2.24) is 15.3 Å². The monoisotopic (exact) mass is 270 g/mol. The van der Waals surface area contributed by atoms with Crippen molar-refractivity contribution in [2.75, 3.05) is 25.0 Å². The van der Waals surface area contributed by atoms with Crippen LogP contribution < -0.4 is 10.2 Å². The molecule has 0 aliphatic carbocycles. The molecule has 2 rings (SSSR count). The highest BCUT2D eigenvalue weighted by Gasteiger charge is 2.32. The molecular formula is C9H11BrN4O. The summed E-state index contributed by atoms with van der Waals surface area (Å²) in [6.45, 7) is 1.45. The average Bonchev–Trinajstić information content (AvgIpc) is 2.15. The topological polar surface area (TPSA) is 58.1 Å². The summed E-state index contributed by atoms with van der Waals surface area (Å²) in [5, 5.41) is 2.64. The van der Waals surface area contributed by atoms with Crippen LogP contribution in [0.15, 0.2) is 17.0 Å². The lowest BCUT2D eigenvalue weighted by molar-refractivity contribution is -0.125. The molecule has 0 atom stereocenters. The van der Waals surface area contributed by atoms with E-state index in [0.29, 0.717) is 0 Å². The summed E-state index contributed by atoms with van der Waals surface area (Å²) in [6.07, 6.45) is 1.51. The number of amides is 1. The number of hydrogen-bond acceptors (Lipinski definition) is 4. The molecule has 0 spiro atoms. The normalized spacial score (nSPS) is 16.0. The number of hydrogen-bond donors (Lipinski definition) is 1. The van der Waals surface area contributed by atoms with E-state index in [1.807, 2.05) is 11.0 Å². The smallest absolute Gasteiger partial charge is 0.226 e. The molecule has 0 bridgehead atoms. The minimum atomic E-state index is 0.0868. The lowest BCUT2D eigenvalue weighted by Gasteiger charge is -2.38. The van der Waals surface area contributed by atoms with Gasteiger partial charge in [-0.2, -0.15) is 0 Å². The molecular weight excluding hydrogens is 260 g/mol. The van der Waals surface area contributed by atoms with E-state index >= 15 is 0 Å². The maximum atomic E-state index is 11.3. The van der Waals surface area contributed by atoms with Crippen molar-refractivity contribution in [3.63, 3.8) is 0 Å². The fraction of sp³-hybridized carbons (Fsp3) is 0.444. The third-order valence-electron chi connectivity index (χ3n) is 2.44. The number of anilines is 1. The quantitative estimate of drug-likeness (QED) is 0.792. The number of aromatic nitrogens is 2. The lowest BCUT2D eigenvalue weighted by Crippen LogP contribution is -2.53. The van der Waals surface area contributed by atoms with Crippen LogP contribution in [0.4, 0.5) is 5.82 Å². The highest BCUT2D eigenvalue weighted by atomic mass is 79.9. The number of halogens is 1. The predicted octanol–water partition coefficient (Wildman–Crippen LogP) is 0.421. The summed E-state index contributed by atoms with van der Waals surface area (Å²) >= 11 is 3.28. The second-order valence-corrected chi connectivity index (χ2v) is 4.23. The van der Waals surface area contributed by atoms with Gasteiger partial charge in [-0.15, -0.1) is 0 Å². The maximum Gasteiger partial charge on any atom is 0.226 e. The number of carbonyl (C=O) groups excluding carboxylic acids is 1. The van der Waals surface area contributed by atoms with Gasteiger partial charge in [0.1, 0.15) is 16.7 Å². The molecule has 1 N–H and O–H groups in total. The third-order valence-corrected chi connectivity index (χ3v) is 2.88. The number of nitrogens with zero attached hydrogens (tertiary/aromatic N) is 3. The van der Waals surface area contributed by atoms with Crippen molar-refractivity contribution < 1.29 is 4.79 Å². The molecule has 1 fully saturated rings. The Morgan fingerprint density at radius 3 is 2.93 bits per heavy atom. The third kappa shape index (κ3) is 2.09. The Morgan fingerprint density at radius 2 is 2.33 bits per heavy atom. The van der Waals surface area contributed by atoms with Gasteiger partial charge in [-0.1, -0.05) is 0 Å². The largest absolute Gasteiger partial charge is 0.359 e. The molecule has 15 heavy (non-hydrogen) atoms. The first-order valence-corrected chi connectivity index (χ1v) is 5.44. The van der Waals surface area contributed by atoms with E-state index in [4.69, 9.17) is 0 Å². The highest BCUT2D eigenvalue weighted by molar-refractivity contribution is 9.10. The summed E-state index contributed by atoms with van der Waals surface area (Å²) in [5.74, 6) is 1.04.